The molecule has 0 bridgehead atoms. The minimum atomic E-state index is -4.25. The summed E-state index contributed by atoms with van der Waals surface area (Å²) in [7, 11) is -2.93. The van der Waals surface area contributed by atoms with Crippen LogP contribution in [0.25, 0.3) is 22.2 Å². The van der Waals surface area contributed by atoms with Crippen molar-refractivity contribution in [3.8, 4) is 11.1 Å². The number of benzene rings is 5. The van der Waals surface area contributed by atoms with Crippen molar-refractivity contribution in [1.82, 2.24) is 33.6 Å². The molecule has 74 heavy (non-hydrogen) atoms. The number of anilines is 4. The number of piperidine rings is 1. The van der Waals surface area contributed by atoms with Gasteiger partial charge in [-0.05, 0) is 72.0 Å². The lowest BCUT2D eigenvalue weighted by Crippen LogP contribution is -2.37. The van der Waals surface area contributed by atoms with Gasteiger partial charge in [0.2, 0.25) is 11.7 Å². The molecule has 17 heteroatoms. The molecule has 374 valence electrons. The van der Waals surface area contributed by atoms with Gasteiger partial charge < -0.3 is 20.1 Å². The zero-order valence-corrected chi connectivity index (χ0v) is 41.6. The van der Waals surface area contributed by atoms with Crippen molar-refractivity contribution in [2.24, 2.45) is 0 Å². The fraction of sp³-hybridized carbons (Fsp3) is 0.211. The Hall–Kier alpha value is -8.28. The molecule has 2 aliphatic heterocycles. The van der Waals surface area contributed by atoms with Gasteiger partial charge in [-0.2, -0.15) is 17.8 Å². The monoisotopic (exact) mass is 1010 g/mol. The SMILES string of the molecule is CCN(C)S(=O)(=O)Nc1ccc(F)c(C(=O)c2cn(C(c3ccccc3)(c3ccccc3)c3ccccc3)c3ncc(-c4cnc(N5CCC(n6cc7c(n6)CCN(c6ccc(N)cc6)C7)CC5)nc4)cc23)c1F. The van der Waals surface area contributed by atoms with E-state index in [1.165, 1.54) is 12.6 Å². The molecule has 0 radical (unpaired) electrons. The van der Waals surface area contributed by atoms with Crippen LogP contribution in [-0.4, -0.2) is 81.0 Å². The molecule has 5 aromatic carbocycles. The standard InChI is InChI=1S/C57H53F2N11O3S/c1-3-66(2)74(72,73)65-51-24-23-49(58)52(53(51)59)54(71)48-37-69(57(41-13-7-4-8-14-41,42-15-9-5-10-16-42)43-17-11-6-12-18-43)55-47(48)31-38(32-61-55)39-33-62-56(63-34-39)67-28-25-46(26-29-67)70-36-40-35-68(30-27-50(40)64-70)45-21-19-44(60)20-22-45/h4-24,31-34,36-37,46,65H,3,25-30,35,60H2,1-2H3. The lowest BCUT2D eigenvalue weighted by atomic mass is 9.76. The van der Waals surface area contributed by atoms with Crippen LogP contribution in [0.4, 0.5) is 31.8 Å². The van der Waals surface area contributed by atoms with Crippen LogP contribution in [-0.2, 0) is 28.7 Å². The molecular formula is C57H53F2N11O3S. The van der Waals surface area contributed by atoms with E-state index in [0.717, 1.165) is 95.6 Å². The number of hydrogen-bond donors (Lipinski definition) is 2. The second-order valence-electron chi connectivity index (χ2n) is 18.8. The molecular weight excluding hydrogens is 957 g/mol. The number of pyridine rings is 1. The number of nitrogens with one attached hydrogen (secondary N) is 1. The van der Waals surface area contributed by atoms with Gasteiger partial charge in [-0.25, -0.2) is 23.7 Å². The molecule has 2 aliphatic rings. The van der Waals surface area contributed by atoms with Crippen molar-refractivity contribution < 1.29 is 22.0 Å². The van der Waals surface area contributed by atoms with Crippen LogP contribution in [0.15, 0.2) is 164 Å². The smallest absolute Gasteiger partial charge is 0.301 e. The van der Waals surface area contributed by atoms with Crippen molar-refractivity contribution in [2.75, 3.05) is 53.5 Å². The Bertz CT molecular complexity index is 3510. The lowest BCUT2D eigenvalue weighted by Gasteiger charge is -2.38. The number of hydrogen-bond acceptors (Lipinski definition) is 10. The first-order valence-electron chi connectivity index (χ1n) is 24.6. The number of carbonyl (C=O) groups excluding carboxylic acids is 1. The van der Waals surface area contributed by atoms with Crippen molar-refractivity contribution in [3.05, 3.63) is 215 Å². The summed E-state index contributed by atoms with van der Waals surface area (Å²) in [6.45, 7) is 4.86. The van der Waals surface area contributed by atoms with Gasteiger partial charge in [-0.15, -0.1) is 0 Å². The third-order valence-electron chi connectivity index (χ3n) is 14.5. The van der Waals surface area contributed by atoms with Crippen LogP contribution < -0.4 is 20.3 Å². The van der Waals surface area contributed by atoms with Gasteiger partial charge in [0.05, 0.1) is 28.6 Å². The van der Waals surface area contributed by atoms with Crippen LogP contribution in [0.2, 0.25) is 0 Å². The average molecular weight is 1010 g/mol. The molecule has 9 aromatic rings. The van der Waals surface area contributed by atoms with Crippen LogP contribution >= 0.6 is 0 Å². The number of nitrogens with two attached hydrogens (primary N) is 1. The summed E-state index contributed by atoms with van der Waals surface area (Å²) < 4.78 is 66.2. The van der Waals surface area contributed by atoms with Crippen LogP contribution in [0.5, 0.6) is 0 Å². The highest BCUT2D eigenvalue weighted by molar-refractivity contribution is 7.90. The number of ketones is 1. The Morgan fingerprint density at radius 2 is 1.38 bits per heavy atom. The number of rotatable bonds is 14. The van der Waals surface area contributed by atoms with E-state index in [1.807, 2.05) is 108 Å². The third kappa shape index (κ3) is 8.70. The third-order valence-corrected chi connectivity index (χ3v) is 16.0. The van der Waals surface area contributed by atoms with Gasteiger partial charge in [0.15, 0.2) is 5.82 Å². The van der Waals surface area contributed by atoms with Gasteiger partial charge in [-0.1, -0.05) is 97.9 Å². The molecule has 14 nitrogen and oxygen atoms in total. The van der Waals surface area contributed by atoms with Gasteiger partial charge in [0.1, 0.15) is 17.0 Å². The van der Waals surface area contributed by atoms with E-state index >= 15 is 13.6 Å². The molecule has 0 amide bonds. The fourth-order valence-corrected chi connectivity index (χ4v) is 11.3. The molecule has 0 saturated carbocycles. The normalized spacial score (nSPS) is 14.4. The molecule has 11 rings (SSSR count). The fourth-order valence-electron chi connectivity index (χ4n) is 10.4. The number of aromatic nitrogens is 6. The Labute approximate surface area is 427 Å². The van der Waals surface area contributed by atoms with Crippen LogP contribution in [0, 0.1) is 11.6 Å². The van der Waals surface area contributed by atoms with E-state index in [1.54, 1.807) is 37.8 Å². The van der Waals surface area contributed by atoms with E-state index in [0.29, 0.717) is 28.1 Å². The van der Waals surface area contributed by atoms with E-state index in [2.05, 4.69) is 37.5 Å². The number of halogens is 2. The maximum atomic E-state index is 16.7. The maximum Gasteiger partial charge on any atom is 0.301 e. The Kier molecular flexibility index (Phi) is 12.7. The zero-order valence-electron chi connectivity index (χ0n) is 40.8. The molecule has 1 fully saturated rings. The molecule has 3 N–H and O–H groups in total. The summed E-state index contributed by atoms with van der Waals surface area (Å²) in [6.07, 6.45) is 11.5. The number of fused-ring (bicyclic) bond motifs is 2. The van der Waals surface area contributed by atoms with Crippen molar-refractivity contribution >= 4 is 50.0 Å². The molecule has 4 aromatic heterocycles. The lowest BCUT2D eigenvalue weighted by molar-refractivity contribution is 0.103. The van der Waals surface area contributed by atoms with E-state index in [-0.39, 0.29) is 18.2 Å². The molecule has 0 aliphatic carbocycles. The molecule has 6 heterocycles. The highest BCUT2D eigenvalue weighted by Gasteiger charge is 2.41. The van der Waals surface area contributed by atoms with E-state index < -0.39 is 44.4 Å². The highest BCUT2D eigenvalue weighted by Crippen LogP contribution is 2.44. The van der Waals surface area contributed by atoms with E-state index in [9.17, 15) is 8.42 Å². The van der Waals surface area contributed by atoms with Gasteiger partial charge >= 0.3 is 10.2 Å². The molecule has 1 saturated heterocycles. The minimum Gasteiger partial charge on any atom is -0.399 e. The van der Waals surface area contributed by atoms with Gasteiger partial charge in [0.25, 0.3) is 0 Å². The predicted molar refractivity (Wildman–Crippen MR) is 284 cm³/mol. The summed E-state index contributed by atoms with van der Waals surface area (Å²) in [5.41, 5.74) is 11.5. The second kappa shape index (κ2) is 19.6. The maximum absolute atomic E-state index is 16.7. The van der Waals surface area contributed by atoms with Crippen LogP contribution in [0.3, 0.4) is 0 Å². The summed E-state index contributed by atoms with van der Waals surface area (Å²) in [5.74, 6) is -2.96. The Balaban J connectivity index is 0.949. The molecule has 0 unspecified atom stereocenters. The summed E-state index contributed by atoms with van der Waals surface area (Å²) in [6, 6.07) is 41.2. The highest BCUT2D eigenvalue weighted by atomic mass is 32.2. The number of carbonyl (C=O) groups is 1. The van der Waals surface area contributed by atoms with Gasteiger partial charge in [0, 0.05) is 111 Å². The van der Waals surface area contributed by atoms with Crippen LogP contribution in [0.1, 0.15) is 69.7 Å². The van der Waals surface area contributed by atoms with Gasteiger partial charge in [-0.3, -0.25) is 14.2 Å². The first kappa shape index (κ1) is 48.0. The number of nitrogens with zero attached hydrogens (tertiary/aromatic N) is 9. The second-order valence-corrected chi connectivity index (χ2v) is 20.6. The van der Waals surface area contributed by atoms with E-state index in [4.69, 9.17) is 25.8 Å². The topological polar surface area (TPSA) is 160 Å². The predicted octanol–water partition coefficient (Wildman–Crippen LogP) is 9.63. The zero-order chi connectivity index (χ0) is 51.1. The summed E-state index contributed by atoms with van der Waals surface area (Å²) in [5, 5.41) is 5.33. The number of nitrogen functional groups attached to an aromatic ring is 1. The first-order chi connectivity index (χ1) is 35.9. The largest absolute Gasteiger partial charge is 0.399 e. The quantitative estimate of drug-likeness (QED) is 0.0610. The Morgan fingerprint density at radius 1 is 0.770 bits per heavy atom. The Morgan fingerprint density at radius 3 is 1.99 bits per heavy atom. The van der Waals surface area contributed by atoms with Crippen molar-refractivity contribution in [3.63, 3.8) is 0 Å². The summed E-state index contributed by atoms with van der Waals surface area (Å²) >= 11 is 0. The molecule has 0 atom stereocenters. The minimum absolute atomic E-state index is 0.0671. The first-order valence-corrected chi connectivity index (χ1v) is 26.1. The molecule has 0 spiro atoms. The summed E-state index contributed by atoms with van der Waals surface area (Å²) in [4.78, 5) is 34.4. The van der Waals surface area contributed by atoms with Crippen molar-refractivity contribution in [2.45, 2.75) is 44.3 Å². The van der Waals surface area contributed by atoms with Crippen molar-refractivity contribution in [1.29, 1.82) is 0 Å². The average Bonchev–Trinajstić information content (AvgIpc) is 4.05.